The molecule has 0 aromatic carbocycles. The molecule has 0 aromatic heterocycles. The normalized spacial score (nSPS) is 10.8. The molecule has 0 heterocycles. The van der Waals surface area contributed by atoms with Crippen LogP contribution in [0.15, 0.2) is 24.3 Å². The number of ether oxygens (including phenoxy) is 1. The van der Waals surface area contributed by atoms with Gasteiger partial charge in [0.1, 0.15) is 13.2 Å². The number of hydrogen-bond donors (Lipinski definition) is 1. The first-order valence-electron chi connectivity index (χ1n) is 4.86. The van der Waals surface area contributed by atoms with Crippen LogP contribution in [0.5, 0.6) is 0 Å². The highest BCUT2D eigenvalue weighted by Gasteiger charge is 2.10. The lowest BCUT2D eigenvalue weighted by molar-refractivity contribution is -0.870. The average molecular weight is 263 g/mol. The summed E-state index contributed by atoms with van der Waals surface area (Å²) in [7, 11) is 5.99. The van der Waals surface area contributed by atoms with Gasteiger partial charge in [0.05, 0.1) is 26.7 Å². The number of amides is 1. The van der Waals surface area contributed by atoms with E-state index in [1.807, 2.05) is 21.1 Å². The van der Waals surface area contributed by atoms with Gasteiger partial charge in [-0.25, -0.2) is 4.79 Å². The van der Waals surface area contributed by atoms with Gasteiger partial charge in [-0.1, -0.05) is 6.58 Å². The van der Waals surface area contributed by atoms with E-state index in [1.165, 1.54) is 6.08 Å². The molecule has 0 saturated heterocycles. The SMILES string of the molecule is C=C(C=CC(N)=O)C(=O)OCC[N+](C)(C)C.[Cl-]. The van der Waals surface area contributed by atoms with Crippen molar-refractivity contribution in [3.8, 4) is 0 Å². The Hall–Kier alpha value is -1.33. The third-order valence-electron chi connectivity index (χ3n) is 1.71. The standard InChI is InChI=1S/C11H18N2O3.ClH/c1-9(5-6-10(12)14)11(15)16-8-7-13(2,3)4;/h5-6H,1,7-8H2,2-4H3,(H-,12,14);1H. The van der Waals surface area contributed by atoms with E-state index in [-0.39, 0.29) is 18.0 Å². The molecule has 17 heavy (non-hydrogen) atoms. The highest BCUT2D eigenvalue weighted by Crippen LogP contribution is 1.98. The summed E-state index contributed by atoms with van der Waals surface area (Å²) in [5.41, 5.74) is 4.99. The summed E-state index contributed by atoms with van der Waals surface area (Å²) in [6, 6.07) is 0. The minimum Gasteiger partial charge on any atom is -1.00 e. The predicted molar refractivity (Wildman–Crippen MR) is 61.3 cm³/mol. The third-order valence-corrected chi connectivity index (χ3v) is 1.71. The molecule has 0 spiro atoms. The molecule has 0 aromatic rings. The zero-order chi connectivity index (χ0) is 12.8. The molecule has 0 atom stereocenters. The predicted octanol–water partition coefficient (Wildman–Crippen LogP) is -3.16. The Morgan fingerprint density at radius 1 is 1.29 bits per heavy atom. The molecule has 0 rings (SSSR count). The van der Waals surface area contributed by atoms with E-state index >= 15 is 0 Å². The number of rotatable bonds is 6. The largest absolute Gasteiger partial charge is 1.00 e. The molecule has 0 bridgehead atoms. The number of esters is 1. The van der Waals surface area contributed by atoms with Crippen LogP contribution in [0, 0.1) is 0 Å². The van der Waals surface area contributed by atoms with E-state index < -0.39 is 11.9 Å². The first kappa shape index (κ1) is 18.0. The summed E-state index contributed by atoms with van der Waals surface area (Å²) in [5, 5.41) is 0. The molecule has 98 valence electrons. The van der Waals surface area contributed by atoms with Crippen LogP contribution in [0.1, 0.15) is 0 Å². The van der Waals surface area contributed by atoms with E-state index in [1.54, 1.807) is 0 Å². The zero-order valence-corrected chi connectivity index (χ0v) is 11.2. The van der Waals surface area contributed by atoms with Gasteiger partial charge in [-0.2, -0.15) is 0 Å². The first-order chi connectivity index (χ1) is 7.22. The molecular weight excluding hydrogens is 244 g/mol. The van der Waals surface area contributed by atoms with Crippen molar-refractivity contribution in [1.29, 1.82) is 0 Å². The maximum atomic E-state index is 11.3. The molecule has 5 nitrogen and oxygen atoms in total. The number of likely N-dealkylation sites (N-methyl/N-ethyl adjacent to an activating group) is 1. The van der Waals surface area contributed by atoms with Crippen molar-refractivity contribution in [2.24, 2.45) is 5.73 Å². The summed E-state index contributed by atoms with van der Waals surface area (Å²) in [5.74, 6) is -1.16. The van der Waals surface area contributed by atoms with E-state index in [2.05, 4.69) is 6.58 Å². The number of primary amides is 1. The Labute approximate surface area is 108 Å². The molecular formula is C11H19ClN2O3. The van der Waals surface area contributed by atoms with Crippen LogP contribution in [0.2, 0.25) is 0 Å². The second-order valence-corrected chi connectivity index (χ2v) is 4.41. The smallest absolute Gasteiger partial charge is 0.337 e. The number of nitrogens with zero attached hydrogens (tertiary/aromatic N) is 1. The monoisotopic (exact) mass is 262 g/mol. The maximum absolute atomic E-state index is 11.3. The first-order valence-corrected chi connectivity index (χ1v) is 4.86. The molecule has 6 heteroatoms. The van der Waals surface area contributed by atoms with Crippen LogP contribution in [0.25, 0.3) is 0 Å². The molecule has 2 N–H and O–H groups in total. The van der Waals surface area contributed by atoms with E-state index in [0.29, 0.717) is 17.6 Å². The van der Waals surface area contributed by atoms with Crippen molar-refractivity contribution in [3.63, 3.8) is 0 Å². The molecule has 0 radical (unpaired) electrons. The van der Waals surface area contributed by atoms with E-state index in [4.69, 9.17) is 10.5 Å². The van der Waals surface area contributed by atoms with Gasteiger partial charge >= 0.3 is 5.97 Å². The average Bonchev–Trinajstić information content (AvgIpc) is 2.11. The van der Waals surface area contributed by atoms with Crippen LogP contribution >= 0.6 is 0 Å². The van der Waals surface area contributed by atoms with Crippen LogP contribution in [0.4, 0.5) is 0 Å². The van der Waals surface area contributed by atoms with Crippen LogP contribution in [-0.2, 0) is 14.3 Å². The molecule has 0 aliphatic carbocycles. The summed E-state index contributed by atoms with van der Waals surface area (Å²) in [6.45, 7) is 4.49. The van der Waals surface area contributed by atoms with Gasteiger partial charge in [-0.15, -0.1) is 0 Å². The topological polar surface area (TPSA) is 69.4 Å². The Balaban J connectivity index is 0. The van der Waals surface area contributed by atoms with Crippen molar-refractivity contribution >= 4 is 11.9 Å². The van der Waals surface area contributed by atoms with Crippen molar-refractivity contribution in [1.82, 2.24) is 0 Å². The minimum atomic E-state index is -0.625. The van der Waals surface area contributed by atoms with Crippen molar-refractivity contribution in [2.45, 2.75) is 0 Å². The van der Waals surface area contributed by atoms with Crippen molar-refractivity contribution in [3.05, 3.63) is 24.3 Å². The van der Waals surface area contributed by atoms with Gasteiger partial charge in [0.15, 0.2) is 0 Å². The molecule has 0 aliphatic rings. The number of quaternary nitrogens is 1. The van der Waals surface area contributed by atoms with Crippen molar-refractivity contribution < 1.29 is 31.2 Å². The van der Waals surface area contributed by atoms with E-state index in [9.17, 15) is 9.59 Å². The summed E-state index contributed by atoms with van der Waals surface area (Å²) < 4.78 is 5.66. The lowest BCUT2D eigenvalue weighted by atomic mass is 10.3. The second kappa shape index (κ2) is 7.86. The Bertz CT molecular complexity index is 319. The summed E-state index contributed by atoms with van der Waals surface area (Å²) in [6.07, 6.45) is 2.32. The molecule has 0 aliphatic heterocycles. The number of carbonyl (C=O) groups is 2. The summed E-state index contributed by atoms with van der Waals surface area (Å²) in [4.78, 5) is 21.7. The van der Waals surface area contributed by atoms with Crippen molar-refractivity contribution in [2.75, 3.05) is 34.3 Å². The van der Waals surface area contributed by atoms with Crippen LogP contribution < -0.4 is 18.1 Å². The van der Waals surface area contributed by atoms with Gasteiger partial charge in [0.2, 0.25) is 5.91 Å². The summed E-state index contributed by atoms with van der Waals surface area (Å²) >= 11 is 0. The van der Waals surface area contributed by atoms with E-state index in [0.717, 1.165) is 6.08 Å². The Morgan fingerprint density at radius 2 is 1.82 bits per heavy atom. The van der Waals surface area contributed by atoms with Crippen LogP contribution in [-0.4, -0.2) is 50.7 Å². The quantitative estimate of drug-likeness (QED) is 0.238. The lowest BCUT2D eigenvalue weighted by Crippen LogP contribution is -3.00. The second-order valence-electron chi connectivity index (χ2n) is 4.41. The molecule has 0 fully saturated rings. The fraction of sp³-hybridized carbons (Fsp3) is 0.455. The molecule has 0 saturated carbocycles. The number of hydrogen-bond acceptors (Lipinski definition) is 3. The van der Waals surface area contributed by atoms with Gasteiger partial charge < -0.3 is 27.4 Å². The zero-order valence-electron chi connectivity index (χ0n) is 10.4. The Kier molecular flexibility index (Phi) is 8.35. The van der Waals surface area contributed by atoms with Gasteiger partial charge in [0.25, 0.3) is 0 Å². The highest BCUT2D eigenvalue weighted by molar-refractivity contribution is 5.94. The highest BCUT2D eigenvalue weighted by atomic mass is 35.5. The number of nitrogens with two attached hydrogens (primary N) is 1. The maximum Gasteiger partial charge on any atom is 0.337 e. The Morgan fingerprint density at radius 3 is 2.24 bits per heavy atom. The molecule has 1 amide bonds. The number of halogens is 1. The molecule has 0 unspecified atom stereocenters. The third kappa shape index (κ3) is 10.9. The number of carbonyl (C=O) groups excluding carboxylic acids is 2. The van der Waals surface area contributed by atoms with Gasteiger partial charge in [0, 0.05) is 6.08 Å². The van der Waals surface area contributed by atoms with Crippen LogP contribution in [0.3, 0.4) is 0 Å². The van der Waals surface area contributed by atoms with Gasteiger partial charge in [-0.05, 0) is 6.08 Å². The fourth-order valence-electron chi connectivity index (χ4n) is 0.756. The lowest BCUT2D eigenvalue weighted by Gasteiger charge is -2.23. The van der Waals surface area contributed by atoms with Gasteiger partial charge in [-0.3, -0.25) is 4.79 Å². The minimum absolute atomic E-state index is 0. The fourth-order valence-corrected chi connectivity index (χ4v) is 0.756.